The molecule has 0 saturated heterocycles. The first-order chi connectivity index (χ1) is 12.7. The van der Waals surface area contributed by atoms with Gasteiger partial charge in [0, 0.05) is 11.8 Å². The third-order valence-electron chi connectivity index (χ3n) is 4.55. The van der Waals surface area contributed by atoms with E-state index in [0.29, 0.717) is 29.3 Å². The third-order valence-corrected chi connectivity index (χ3v) is 4.55. The highest BCUT2D eigenvalue weighted by atomic mass is 16.5. The highest BCUT2D eigenvalue weighted by Gasteiger charge is 2.32. The van der Waals surface area contributed by atoms with Crippen LogP contribution in [0.2, 0.25) is 0 Å². The zero-order chi connectivity index (χ0) is 19.6. The number of hydrogen-bond donors (Lipinski definition) is 1. The lowest BCUT2D eigenvalue weighted by Crippen LogP contribution is -2.35. The number of carbonyl (C=O) groups is 2. The van der Waals surface area contributed by atoms with Gasteiger partial charge in [0.15, 0.2) is 5.78 Å². The fourth-order valence-corrected chi connectivity index (χ4v) is 3.08. The second kappa shape index (κ2) is 7.39. The van der Waals surface area contributed by atoms with Crippen LogP contribution in [0.15, 0.2) is 48.5 Å². The number of fused-ring (bicyclic) bond motifs is 1. The van der Waals surface area contributed by atoms with Crippen molar-refractivity contribution in [3.63, 3.8) is 0 Å². The Kier molecular flexibility index (Phi) is 5.17. The van der Waals surface area contributed by atoms with Gasteiger partial charge in [-0.05, 0) is 55.2 Å². The van der Waals surface area contributed by atoms with Crippen molar-refractivity contribution in [1.29, 1.82) is 0 Å². The van der Waals surface area contributed by atoms with E-state index in [4.69, 9.17) is 4.74 Å². The van der Waals surface area contributed by atoms with Crippen molar-refractivity contribution in [1.82, 2.24) is 0 Å². The van der Waals surface area contributed by atoms with Gasteiger partial charge in [0.25, 0.3) is 0 Å². The van der Waals surface area contributed by atoms with Crippen LogP contribution in [0.1, 0.15) is 61.5 Å². The summed E-state index contributed by atoms with van der Waals surface area (Å²) in [6.45, 7) is 8.07. The van der Waals surface area contributed by atoms with Crippen molar-refractivity contribution in [3.8, 4) is 5.75 Å². The van der Waals surface area contributed by atoms with Crippen LogP contribution in [0.5, 0.6) is 5.75 Å². The molecule has 1 aliphatic rings. The number of hydrogen-bond acceptors (Lipinski definition) is 3. The molecule has 1 heterocycles. The van der Waals surface area contributed by atoms with Crippen molar-refractivity contribution >= 4 is 23.5 Å². The summed E-state index contributed by atoms with van der Waals surface area (Å²) in [7, 11) is 0. The molecule has 1 amide bonds. The highest BCUT2D eigenvalue weighted by Crippen LogP contribution is 2.34. The summed E-state index contributed by atoms with van der Waals surface area (Å²) in [5, 5.41) is 2.80. The summed E-state index contributed by atoms with van der Waals surface area (Å²) in [5.74, 6) is 0.827. The minimum atomic E-state index is -0.497. The van der Waals surface area contributed by atoms with E-state index in [-0.39, 0.29) is 11.7 Å². The molecular weight excluding hydrogens is 338 g/mol. The topological polar surface area (TPSA) is 55.4 Å². The van der Waals surface area contributed by atoms with Crippen LogP contribution in [-0.4, -0.2) is 17.3 Å². The number of amides is 1. The molecule has 0 aliphatic carbocycles. The van der Waals surface area contributed by atoms with Gasteiger partial charge < -0.3 is 10.1 Å². The number of rotatable bonds is 4. The van der Waals surface area contributed by atoms with Crippen LogP contribution in [0.25, 0.3) is 6.08 Å². The van der Waals surface area contributed by atoms with Crippen LogP contribution < -0.4 is 10.1 Å². The monoisotopic (exact) mass is 363 g/mol. The zero-order valence-electron chi connectivity index (χ0n) is 16.2. The van der Waals surface area contributed by atoms with E-state index < -0.39 is 5.60 Å². The number of ether oxygens (including phenoxy) is 1. The normalized spacial score (nSPS) is 15.5. The largest absolute Gasteiger partial charge is 0.487 e. The van der Waals surface area contributed by atoms with Crippen LogP contribution in [0, 0.1) is 0 Å². The average molecular weight is 363 g/mol. The van der Waals surface area contributed by atoms with E-state index in [9.17, 15) is 9.59 Å². The summed E-state index contributed by atoms with van der Waals surface area (Å²) in [5.41, 5.74) is 2.82. The molecule has 1 aliphatic heterocycles. The minimum absolute atomic E-state index is 0.0260. The Hall–Kier alpha value is -2.88. The zero-order valence-corrected chi connectivity index (χ0v) is 16.2. The van der Waals surface area contributed by atoms with Crippen LogP contribution >= 0.6 is 0 Å². The second-order valence-electron chi connectivity index (χ2n) is 7.82. The van der Waals surface area contributed by atoms with E-state index in [1.165, 1.54) is 11.6 Å². The quantitative estimate of drug-likeness (QED) is 0.759. The molecule has 0 radical (unpaired) electrons. The molecule has 4 heteroatoms. The number of nitrogens with one attached hydrogen (secondary N) is 1. The summed E-state index contributed by atoms with van der Waals surface area (Å²) < 4.78 is 5.83. The van der Waals surface area contributed by atoms with Crippen molar-refractivity contribution < 1.29 is 14.3 Å². The number of carbonyl (C=O) groups excluding carboxylic acids is 2. The van der Waals surface area contributed by atoms with Crippen LogP contribution in [0.3, 0.4) is 0 Å². The molecule has 0 unspecified atom stereocenters. The molecular formula is C23H25NO3. The van der Waals surface area contributed by atoms with Gasteiger partial charge in [-0.3, -0.25) is 9.59 Å². The summed E-state index contributed by atoms with van der Waals surface area (Å²) in [4.78, 5) is 24.5. The molecule has 1 N–H and O–H groups in total. The maximum atomic E-state index is 12.3. The van der Waals surface area contributed by atoms with Crippen molar-refractivity contribution in [2.24, 2.45) is 0 Å². The van der Waals surface area contributed by atoms with Crippen molar-refractivity contribution in [2.45, 2.75) is 45.6 Å². The van der Waals surface area contributed by atoms with Gasteiger partial charge in [0.05, 0.1) is 12.0 Å². The highest BCUT2D eigenvalue weighted by molar-refractivity contribution is 6.04. The first kappa shape index (κ1) is 18.9. The van der Waals surface area contributed by atoms with Crippen LogP contribution in [0.4, 0.5) is 5.69 Å². The Balaban J connectivity index is 1.68. The minimum Gasteiger partial charge on any atom is -0.487 e. The van der Waals surface area contributed by atoms with Gasteiger partial charge in [0.1, 0.15) is 11.4 Å². The van der Waals surface area contributed by atoms with Crippen molar-refractivity contribution in [2.75, 3.05) is 5.32 Å². The Labute approximate surface area is 160 Å². The van der Waals surface area contributed by atoms with Gasteiger partial charge in [0.2, 0.25) is 5.91 Å². The van der Waals surface area contributed by atoms with E-state index in [2.05, 4.69) is 31.3 Å². The Morgan fingerprint density at radius 1 is 1.15 bits per heavy atom. The van der Waals surface area contributed by atoms with Gasteiger partial charge in [-0.2, -0.15) is 0 Å². The number of anilines is 1. The van der Waals surface area contributed by atoms with E-state index in [1.807, 2.05) is 26.0 Å². The van der Waals surface area contributed by atoms with E-state index >= 15 is 0 Å². The van der Waals surface area contributed by atoms with Gasteiger partial charge >= 0.3 is 0 Å². The fraction of sp³-hybridized carbons (Fsp3) is 0.304. The van der Waals surface area contributed by atoms with Crippen molar-refractivity contribution in [3.05, 3.63) is 65.2 Å². The molecule has 140 valence electrons. The summed E-state index contributed by atoms with van der Waals surface area (Å²) in [6, 6.07) is 13.3. The Bertz CT molecular complexity index is 892. The predicted octanol–water partition coefficient (Wildman–Crippen LogP) is 5.21. The van der Waals surface area contributed by atoms with Crippen LogP contribution in [-0.2, 0) is 4.79 Å². The molecule has 3 rings (SSSR count). The van der Waals surface area contributed by atoms with Gasteiger partial charge in [-0.1, -0.05) is 38.1 Å². The lowest BCUT2D eigenvalue weighted by atomic mass is 9.93. The first-order valence-corrected chi connectivity index (χ1v) is 9.19. The Morgan fingerprint density at radius 2 is 1.85 bits per heavy atom. The predicted molar refractivity (Wildman–Crippen MR) is 108 cm³/mol. The van der Waals surface area contributed by atoms with Gasteiger partial charge in [-0.25, -0.2) is 0 Å². The summed E-state index contributed by atoms with van der Waals surface area (Å²) in [6.07, 6.45) is 3.59. The number of Topliss-reactive ketones (excluding diaryl/α,β-unsaturated/α-hetero) is 1. The number of benzene rings is 2. The lowest BCUT2D eigenvalue weighted by Gasteiger charge is -2.31. The van der Waals surface area contributed by atoms with E-state index in [1.54, 1.807) is 24.3 Å². The molecule has 0 fully saturated rings. The SMILES string of the molecule is CC(C)c1ccc(/C=C/C(=O)Nc2ccc3c(c2)C(=O)CC(C)(C)O3)cc1. The molecule has 0 spiro atoms. The molecule has 2 aromatic rings. The first-order valence-electron chi connectivity index (χ1n) is 9.19. The van der Waals surface area contributed by atoms with E-state index in [0.717, 1.165) is 5.56 Å². The van der Waals surface area contributed by atoms with Gasteiger partial charge in [-0.15, -0.1) is 0 Å². The smallest absolute Gasteiger partial charge is 0.248 e. The second-order valence-corrected chi connectivity index (χ2v) is 7.82. The maximum absolute atomic E-state index is 12.3. The molecule has 0 saturated carbocycles. The Morgan fingerprint density at radius 3 is 2.52 bits per heavy atom. The molecule has 0 atom stereocenters. The summed E-state index contributed by atoms with van der Waals surface area (Å²) >= 11 is 0. The standard InChI is InChI=1S/C23H25NO3/c1-15(2)17-8-5-16(6-9-17)7-12-22(26)24-18-10-11-21-19(13-18)20(25)14-23(3,4)27-21/h5-13,15H,14H2,1-4H3,(H,24,26)/b12-7+. The lowest BCUT2D eigenvalue weighted by molar-refractivity contribution is -0.111. The molecule has 0 bridgehead atoms. The maximum Gasteiger partial charge on any atom is 0.248 e. The fourth-order valence-electron chi connectivity index (χ4n) is 3.08. The number of ketones is 1. The molecule has 0 aromatic heterocycles. The molecule has 27 heavy (non-hydrogen) atoms. The average Bonchev–Trinajstić information content (AvgIpc) is 2.60. The molecule has 4 nitrogen and oxygen atoms in total. The molecule has 2 aromatic carbocycles. The third kappa shape index (κ3) is 4.64.